The molecule has 24 rings (SSSR count). The third-order valence-corrected chi connectivity index (χ3v) is 23.2. The first kappa shape index (κ1) is 83.4. The van der Waals surface area contributed by atoms with Crippen LogP contribution in [0, 0.1) is 103 Å². The van der Waals surface area contributed by atoms with E-state index in [-0.39, 0.29) is 121 Å². The third-order valence-electron chi connectivity index (χ3n) is 23.2. The van der Waals surface area contributed by atoms with Crippen molar-refractivity contribution in [1.82, 2.24) is 59.8 Å². The van der Waals surface area contributed by atoms with Gasteiger partial charge in [0.25, 0.3) is 0 Å². The summed E-state index contributed by atoms with van der Waals surface area (Å²) < 4.78 is 194. The first-order valence-electron chi connectivity index (χ1n) is 57.3. The molecule has 1 unspecified atom stereocenters. The molecule has 148 heavy (non-hydrogen) atoms. The van der Waals surface area contributed by atoms with Crippen LogP contribution in [0.25, 0.3) is 178 Å². The number of rotatable bonds is 12. The maximum absolute atomic E-state index is 8.49. The average molecular weight is 2670 g/mol. The second-order valence-electron chi connectivity index (χ2n) is 34.2. The fourth-order valence-electron chi connectivity index (χ4n) is 15.8. The summed E-state index contributed by atoms with van der Waals surface area (Å²) in [6, 6.07) is 108. The van der Waals surface area contributed by atoms with Crippen molar-refractivity contribution in [3.8, 4) is 90.1 Å². The minimum Gasteiger partial charge on any atom is -0.486 e. The predicted octanol–water partition coefficient (Wildman–Crippen LogP) is 32.5. The van der Waals surface area contributed by atoms with Crippen molar-refractivity contribution in [2.75, 3.05) is 0 Å². The summed E-state index contributed by atoms with van der Waals surface area (Å²) in [5.74, 6) is -1.94. The molecule has 0 N–H and O–H groups in total. The Morgan fingerprint density at radius 1 is 0.250 bits per heavy atom. The monoisotopic (exact) mass is 2670 g/mol. The molecule has 16 heterocycles. The molecule has 8 aromatic carbocycles. The van der Waals surface area contributed by atoms with Gasteiger partial charge in [0.2, 0.25) is 22.9 Å². The molecule has 24 aromatic rings. The smallest absolute Gasteiger partial charge is 0.216 e. The summed E-state index contributed by atoms with van der Waals surface area (Å²) in [6.07, 6.45) is 17.5. The number of nitrogens with zero attached hydrogens (tertiary/aromatic N) is 12. The predicted molar refractivity (Wildman–Crippen MR) is 583 cm³/mol. The first-order chi connectivity index (χ1) is 78.9. The topological polar surface area (TPSA) is 207 Å². The molecule has 0 aliphatic heterocycles. The fourth-order valence-corrected chi connectivity index (χ4v) is 15.8. The molecule has 0 aliphatic rings. The van der Waals surface area contributed by atoms with Crippen LogP contribution >= 0.6 is 0 Å². The quantitative estimate of drug-likeness (QED) is 0.104. The van der Waals surface area contributed by atoms with Crippen LogP contribution in [0.1, 0.15) is 176 Å². The van der Waals surface area contributed by atoms with Crippen LogP contribution in [-0.2, 0) is 80.4 Å². The molecule has 0 aliphatic carbocycles. The van der Waals surface area contributed by atoms with E-state index < -0.39 is 53.9 Å². The van der Waals surface area contributed by atoms with E-state index in [9.17, 15) is 0 Å². The van der Waals surface area contributed by atoms with Crippen molar-refractivity contribution < 1.29 is 128 Å². The summed E-state index contributed by atoms with van der Waals surface area (Å²) in [4.78, 5) is 51.7. The molecule has 16 nitrogen and oxygen atoms in total. The van der Waals surface area contributed by atoms with Gasteiger partial charge in [-0.05, 0) is 224 Å². The summed E-state index contributed by atoms with van der Waals surface area (Å²) >= 11 is 0. The largest absolute Gasteiger partial charge is 0.486 e. The van der Waals surface area contributed by atoms with Crippen molar-refractivity contribution in [1.29, 1.82) is 0 Å². The van der Waals surface area contributed by atoms with Gasteiger partial charge in [0.1, 0.15) is 0 Å². The van der Waals surface area contributed by atoms with Gasteiger partial charge < -0.3 is 57.5 Å². The van der Waals surface area contributed by atoms with Crippen molar-refractivity contribution in [3.63, 3.8) is 0 Å². The van der Waals surface area contributed by atoms with Crippen molar-refractivity contribution in [2.45, 2.75) is 134 Å². The maximum atomic E-state index is 8.49. The van der Waals surface area contributed by atoms with Gasteiger partial charge in [-0.15, -0.1) is 216 Å². The molecule has 0 fully saturated rings. The number of fused-ring (bicyclic) bond motifs is 12. The Kier molecular flexibility index (Phi) is 29.4. The average Bonchev–Trinajstić information content (AvgIpc) is 1.08. The van der Waals surface area contributed by atoms with Crippen LogP contribution in [-0.4, -0.2) is 59.8 Å². The third kappa shape index (κ3) is 26.5. The molecular formula is C128H108Ir4N12O4-8. The van der Waals surface area contributed by atoms with E-state index in [1.54, 1.807) is 123 Å². The molecular weight excluding hydrogens is 2540 g/mol. The molecule has 0 saturated heterocycles. The van der Waals surface area contributed by atoms with Crippen molar-refractivity contribution in [2.24, 2.45) is 0 Å². The molecule has 16 aromatic heterocycles. The standard InChI is InChI=1S/C21H19N2O.3C20H17N2O.C13H12N.C12H10N.2C11H8N.4Ir/c1-12(2)18-10-19(22-11-13(18)3)17-7-5-6-15-16-9-8-14(4)23-21(16)24-20(15)17;3*1-12(2)17-11-22-18(10-13(17)3)16-7-4-6-14-15-8-5-9-21-20(15)23-19(14)16;1-10-8-13(14-9-11(10)2)12-6-4-3-5-7-12;1-10-7-8-12(13-9-10)11-5-3-2-4-6-11;2*1-2-6-10(7-3-1)11-8-4-5-9-12-11;;;;/h5-6,8-12H,1-4H3;3*4-6,8-12H,1-3H3;3-6,8-9H,1-2H3;2-5,7-9H,1H3;2*1-6,8-9H;;;;/q8*-1;;;;/i1D3,3D3,12D;3*3D3;2D3;1D3;;;;;;. The van der Waals surface area contributed by atoms with Crippen LogP contribution in [0.3, 0.4) is 0 Å². The van der Waals surface area contributed by atoms with E-state index in [1.807, 2.05) is 249 Å². The van der Waals surface area contributed by atoms with E-state index in [4.69, 9.17) is 47.8 Å². The van der Waals surface area contributed by atoms with E-state index in [1.165, 1.54) is 25.4 Å². The number of aryl methyl sites for hydroxylation is 8. The molecule has 0 amide bonds. The summed E-state index contributed by atoms with van der Waals surface area (Å²) in [6.45, 7) is 0.415. The van der Waals surface area contributed by atoms with Crippen LogP contribution in [0.4, 0.5) is 0 Å². The van der Waals surface area contributed by atoms with Gasteiger partial charge >= 0.3 is 0 Å². The van der Waals surface area contributed by atoms with Crippen LogP contribution < -0.4 is 0 Å². The van der Waals surface area contributed by atoms with E-state index >= 15 is 0 Å². The Labute approximate surface area is 950 Å². The summed E-state index contributed by atoms with van der Waals surface area (Å²) in [5, 5.41) is 7.05. The van der Waals surface area contributed by atoms with Crippen LogP contribution in [0.2, 0.25) is 0 Å². The van der Waals surface area contributed by atoms with Gasteiger partial charge in [0.05, 0.1) is 22.3 Å². The molecule has 20 heteroatoms. The van der Waals surface area contributed by atoms with Crippen molar-refractivity contribution >= 4 is 88.3 Å². The van der Waals surface area contributed by atoms with Gasteiger partial charge in [-0.25, -0.2) is 19.9 Å². The molecule has 0 saturated carbocycles. The Balaban J connectivity index is 0.000000161. The number of hydrogen-bond donors (Lipinski definition) is 0. The molecule has 4 radical (unpaired) electrons. The second-order valence-corrected chi connectivity index (χ2v) is 34.2. The second kappa shape index (κ2) is 52.1. The summed E-state index contributed by atoms with van der Waals surface area (Å²) in [5.41, 5.74) is 20.6. The fraction of sp³-hybridized carbons (Fsp3) is 0.156. The van der Waals surface area contributed by atoms with E-state index in [2.05, 4.69) is 108 Å². The number of aromatic nitrogens is 12. The number of furan rings is 4. The van der Waals surface area contributed by atoms with Gasteiger partial charge in [0, 0.05) is 206 Å². The SMILES string of the molecule is [2H]C([2H])([2H])c1cc(-c2[c-]ccc3c2oc2ncccc23)ncc1C(C)C.[2H]C([2H])([2H])c1cc(-c2[c-]ccc3c2oc2ncccc23)ncc1C(C)C.[2H]C([2H])([2H])c1cc(-c2[c-]ccc3c2oc2ncccc23)ncc1C(C)C.[2H]C([2H])([2H])c1ccc(-c2[c-]cccc2)nc1.[2H]C([2H])([2H])c1cnc(-c2[c-]ccc3c2oc2nc(C)ccc23)cc1C([2H])(C)C([2H])([2H])[2H].[2H]C([2H])([2H])c1cnc(-c2[c-]cccc2)cc1C.[Ir].[Ir].[Ir].[Ir].[c-]1ccccc1-c1ccccn1.[c-]1ccccc1-c1ccccn1. The number of pyridine rings is 12. The van der Waals surface area contributed by atoms with Gasteiger partial charge in [0.15, 0.2) is 0 Å². The molecule has 1 atom stereocenters. The summed E-state index contributed by atoms with van der Waals surface area (Å²) in [7, 11) is 0. The molecule has 0 bridgehead atoms. The molecule has 748 valence electrons. The van der Waals surface area contributed by atoms with Crippen LogP contribution in [0.15, 0.2) is 359 Å². The normalized spacial score (nSPS) is 13.9. The van der Waals surface area contributed by atoms with E-state index in [0.29, 0.717) is 107 Å². The maximum Gasteiger partial charge on any atom is 0.216 e. The first-order valence-corrected chi connectivity index (χ1v) is 46.3. The Morgan fingerprint density at radius 3 is 0.932 bits per heavy atom. The zero-order chi connectivity index (χ0) is 119. The minimum absolute atomic E-state index is 0. The molecule has 0 spiro atoms. The van der Waals surface area contributed by atoms with Gasteiger partial charge in [-0.1, -0.05) is 188 Å². The number of benzene rings is 8. The Hall–Kier alpha value is -14.6. The Morgan fingerprint density at radius 2 is 0.588 bits per heavy atom. The zero-order valence-corrected chi connectivity index (χ0v) is 91.0. The minimum atomic E-state index is -2.75. The van der Waals surface area contributed by atoms with E-state index in [0.717, 1.165) is 122 Å². The van der Waals surface area contributed by atoms with Crippen molar-refractivity contribution in [3.05, 3.63) is 457 Å². The number of hydrogen-bond acceptors (Lipinski definition) is 16. The van der Waals surface area contributed by atoms with Gasteiger partial charge in [-0.2, -0.15) is 0 Å². The van der Waals surface area contributed by atoms with Crippen LogP contribution in [0.5, 0.6) is 0 Å². The zero-order valence-electron chi connectivity index (χ0n) is 103. The Bertz CT molecular complexity index is 8900. The van der Waals surface area contributed by atoms with Gasteiger partial charge in [-0.3, -0.25) is 0 Å².